The minimum Gasteiger partial charge on any atom is -0.478 e. The summed E-state index contributed by atoms with van der Waals surface area (Å²) < 4.78 is 2.29. The number of aliphatic imine (C=N–C) groups is 1. The van der Waals surface area contributed by atoms with Crippen LogP contribution >= 0.6 is 11.8 Å². The number of nitrogens with zero attached hydrogens (tertiary/aromatic N) is 3. The number of carbonyl (C=O) groups excluding carboxylic acids is 1. The Hall–Kier alpha value is -4.10. The first kappa shape index (κ1) is 23.6. The average molecular weight is 496 g/mol. The van der Waals surface area contributed by atoms with Gasteiger partial charge < -0.3 is 9.67 Å². The lowest BCUT2D eigenvalue weighted by Gasteiger charge is -2.12. The first-order valence-electron chi connectivity index (χ1n) is 11.7. The van der Waals surface area contributed by atoms with Gasteiger partial charge in [0.2, 0.25) is 0 Å². The van der Waals surface area contributed by atoms with Gasteiger partial charge in [-0.15, -0.1) is 0 Å². The predicted molar refractivity (Wildman–Crippen MR) is 146 cm³/mol. The normalized spacial score (nSPS) is 15.9. The molecule has 0 radical (unpaired) electrons. The van der Waals surface area contributed by atoms with Crippen molar-refractivity contribution in [1.82, 2.24) is 9.47 Å². The molecule has 4 aromatic rings. The zero-order chi connectivity index (χ0) is 25.2. The summed E-state index contributed by atoms with van der Waals surface area (Å²) in [6.45, 7) is 5.25. The number of aromatic carboxylic acids is 1. The molecule has 1 saturated heterocycles. The molecule has 5 rings (SSSR count). The van der Waals surface area contributed by atoms with Gasteiger partial charge in [0, 0.05) is 35.2 Å². The van der Waals surface area contributed by atoms with Crippen LogP contribution in [0.1, 0.15) is 34.1 Å². The van der Waals surface area contributed by atoms with Crippen molar-refractivity contribution >= 4 is 51.5 Å². The molecule has 0 aliphatic carbocycles. The van der Waals surface area contributed by atoms with Gasteiger partial charge in [0.25, 0.3) is 5.91 Å². The largest absolute Gasteiger partial charge is 0.478 e. The van der Waals surface area contributed by atoms with Crippen molar-refractivity contribution in [3.63, 3.8) is 0 Å². The van der Waals surface area contributed by atoms with E-state index in [1.807, 2.05) is 43.3 Å². The van der Waals surface area contributed by atoms with E-state index in [0.29, 0.717) is 22.3 Å². The van der Waals surface area contributed by atoms with Crippen molar-refractivity contribution in [3.8, 4) is 0 Å². The molecule has 6 nitrogen and oxygen atoms in total. The fraction of sp³-hybridized carbons (Fsp3) is 0.138. The quantitative estimate of drug-likeness (QED) is 0.318. The second-order valence-corrected chi connectivity index (χ2v) is 9.50. The fourth-order valence-electron chi connectivity index (χ4n) is 4.40. The number of fused-ring (bicyclic) bond motifs is 1. The van der Waals surface area contributed by atoms with E-state index in [-0.39, 0.29) is 11.5 Å². The molecule has 1 aromatic heterocycles. The number of aromatic nitrogens is 1. The number of amides is 1. The SMILES string of the molecule is CCN1C(=O)/C(=C\c2c(C)n(Cc3ccccc3)c3ccccc23)SC1=Nc1ccc(C(=O)O)cc1. The highest BCUT2D eigenvalue weighted by atomic mass is 32.2. The van der Waals surface area contributed by atoms with Crippen LogP contribution in [-0.4, -0.2) is 38.2 Å². The third kappa shape index (κ3) is 4.45. The third-order valence-corrected chi connectivity index (χ3v) is 7.29. The number of carbonyl (C=O) groups is 2. The van der Waals surface area contributed by atoms with Gasteiger partial charge in [0.05, 0.1) is 16.2 Å². The molecule has 1 fully saturated rings. The van der Waals surface area contributed by atoms with Gasteiger partial charge in [-0.3, -0.25) is 9.69 Å². The van der Waals surface area contributed by atoms with E-state index in [2.05, 4.69) is 40.7 Å². The van der Waals surface area contributed by atoms with Crippen molar-refractivity contribution in [3.05, 3.63) is 106 Å². The van der Waals surface area contributed by atoms with Crippen LogP contribution in [0.3, 0.4) is 0 Å². The zero-order valence-electron chi connectivity index (χ0n) is 20.0. The molecule has 180 valence electrons. The summed E-state index contributed by atoms with van der Waals surface area (Å²) in [5.41, 5.74) is 5.27. The van der Waals surface area contributed by atoms with E-state index in [1.54, 1.807) is 17.0 Å². The number of rotatable bonds is 6. The Morgan fingerprint density at radius 2 is 1.69 bits per heavy atom. The van der Waals surface area contributed by atoms with Crippen LogP contribution in [0.2, 0.25) is 0 Å². The Labute approximate surface area is 213 Å². The highest BCUT2D eigenvalue weighted by molar-refractivity contribution is 8.18. The Bertz CT molecular complexity index is 1520. The molecule has 0 saturated carbocycles. The lowest BCUT2D eigenvalue weighted by molar-refractivity contribution is -0.122. The van der Waals surface area contributed by atoms with Gasteiger partial charge in [-0.1, -0.05) is 48.5 Å². The van der Waals surface area contributed by atoms with E-state index in [1.165, 1.54) is 29.5 Å². The predicted octanol–water partition coefficient (Wildman–Crippen LogP) is 6.32. The van der Waals surface area contributed by atoms with Crippen LogP contribution in [0.25, 0.3) is 17.0 Å². The summed E-state index contributed by atoms with van der Waals surface area (Å²) in [6.07, 6.45) is 1.98. The van der Waals surface area contributed by atoms with Crippen molar-refractivity contribution in [2.24, 2.45) is 4.99 Å². The van der Waals surface area contributed by atoms with Gasteiger partial charge in [-0.25, -0.2) is 9.79 Å². The molecule has 0 atom stereocenters. The summed E-state index contributed by atoms with van der Waals surface area (Å²) in [5.74, 6) is -1.07. The van der Waals surface area contributed by atoms with E-state index >= 15 is 0 Å². The topological polar surface area (TPSA) is 74.9 Å². The lowest BCUT2D eigenvalue weighted by atomic mass is 10.1. The van der Waals surface area contributed by atoms with E-state index in [0.717, 1.165) is 28.7 Å². The van der Waals surface area contributed by atoms with Gasteiger partial charge in [-0.2, -0.15) is 0 Å². The monoisotopic (exact) mass is 495 g/mol. The van der Waals surface area contributed by atoms with Crippen molar-refractivity contribution in [2.75, 3.05) is 6.54 Å². The first-order chi connectivity index (χ1) is 17.5. The summed E-state index contributed by atoms with van der Waals surface area (Å²) >= 11 is 1.34. The maximum Gasteiger partial charge on any atom is 0.335 e. The highest BCUT2D eigenvalue weighted by Gasteiger charge is 2.32. The number of amidine groups is 1. The second kappa shape index (κ2) is 9.87. The number of thioether (sulfide) groups is 1. The summed E-state index contributed by atoms with van der Waals surface area (Å²) in [7, 11) is 0. The number of para-hydroxylation sites is 1. The smallest absolute Gasteiger partial charge is 0.335 e. The number of hydrogen-bond acceptors (Lipinski definition) is 4. The van der Waals surface area contributed by atoms with Gasteiger partial charge in [0.1, 0.15) is 0 Å². The Morgan fingerprint density at radius 3 is 2.39 bits per heavy atom. The minimum absolute atomic E-state index is 0.0808. The number of benzene rings is 3. The molecule has 0 spiro atoms. The molecular formula is C29H25N3O3S. The third-order valence-electron chi connectivity index (χ3n) is 6.28. The Morgan fingerprint density at radius 1 is 1.00 bits per heavy atom. The number of likely N-dealkylation sites (N-methyl/N-ethyl adjacent to an activating group) is 1. The standard InChI is InChI=1S/C29H25N3O3S/c1-3-31-27(33)26(36-29(31)30-22-15-13-21(14-16-22)28(34)35)17-24-19(2)32(18-20-9-5-4-6-10-20)25-12-8-7-11-23(24)25/h4-17H,3,18H2,1-2H3,(H,34,35)/b26-17+,30-29?. The molecule has 1 N–H and O–H groups in total. The van der Waals surface area contributed by atoms with Crippen molar-refractivity contribution < 1.29 is 14.7 Å². The zero-order valence-corrected chi connectivity index (χ0v) is 20.8. The molecule has 2 heterocycles. The van der Waals surface area contributed by atoms with Crippen LogP contribution in [0.15, 0.2) is 88.8 Å². The van der Waals surface area contributed by atoms with Crippen LogP contribution in [-0.2, 0) is 11.3 Å². The lowest BCUT2D eigenvalue weighted by Crippen LogP contribution is -2.28. The maximum absolute atomic E-state index is 13.3. The number of carboxylic acid groups (broad SMARTS) is 1. The van der Waals surface area contributed by atoms with Gasteiger partial charge in [-0.05, 0) is 67.6 Å². The maximum atomic E-state index is 13.3. The fourth-order valence-corrected chi connectivity index (χ4v) is 5.44. The molecule has 1 aliphatic heterocycles. The van der Waals surface area contributed by atoms with Crippen molar-refractivity contribution in [2.45, 2.75) is 20.4 Å². The van der Waals surface area contributed by atoms with Crippen LogP contribution < -0.4 is 0 Å². The van der Waals surface area contributed by atoms with Crippen LogP contribution in [0.5, 0.6) is 0 Å². The van der Waals surface area contributed by atoms with Crippen molar-refractivity contribution in [1.29, 1.82) is 0 Å². The van der Waals surface area contributed by atoms with Gasteiger partial charge in [0.15, 0.2) is 5.17 Å². The highest BCUT2D eigenvalue weighted by Crippen LogP contribution is 2.37. The van der Waals surface area contributed by atoms with E-state index in [4.69, 9.17) is 5.11 Å². The number of carboxylic acids is 1. The van der Waals surface area contributed by atoms with Gasteiger partial charge >= 0.3 is 5.97 Å². The molecule has 1 aliphatic rings. The molecular weight excluding hydrogens is 470 g/mol. The van der Waals surface area contributed by atoms with Crippen LogP contribution in [0.4, 0.5) is 5.69 Å². The molecule has 0 unspecified atom stereocenters. The first-order valence-corrected chi connectivity index (χ1v) is 12.5. The summed E-state index contributed by atoms with van der Waals surface area (Å²) in [5, 5.41) is 10.8. The van der Waals surface area contributed by atoms with E-state index < -0.39 is 5.97 Å². The summed E-state index contributed by atoms with van der Waals surface area (Å²) in [6, 6.07) is 24.9. The molecule has 0 bridgehead atoms. The Kier molecular flexibility index (Phi) is 6.48. The number of hydrogen-bond donors (Lipinski definition) is 1. The molecule has 3 aromatic carbocycles. The molecule has 36 heavy (non-hydrogen) atoms. The van der Waals surface area contributed by atoms with Crippen LogP contribution in [0, 0.1) is 6.92 Å². The molecule has 1 amide bonds. The van der Waals surface area contributed by atoms with E-state index in [9.17, 15) is 9.59 Å². The Balaban J connectivity index is 1.53. The average Bonchev–Trinajstić information content (AvgIpc) is 3.33. The minimum atomic E-state index is -0.984. The second-order valence-electron chi connectivity index (χ2n) is 8.49. The summed E-state index contributed by atoms with van der Waals surface area (Å²) in [4.78, 5) is 31.4. The molecule has 7 heteroatoms.